The number of hydrogen-bond donors (Lipinski definition) is 3. The molecule has 0 bridgehead atoms. The van der Waals surface area contributed by atoms with Crippen LogP contribution in [0.5, 0.6) is 0 Å². The van der Waals surface area contributed by atoms with Crippen LogP contribution in [-0.4, -0.2) is 41.0 Å². The molecule has 0 radical (unpaired) electrons. The number of carbonyl (C=O) groups is 3. The molecule has 1 heterocycles. The van der Waals surface area contributed by atoms with E-state index in [2.05, 4.69) is 10.9 Å². The number of likely N-dealkylation sites (tertiary alicyclic amines) is 1. The lowest BCUT2D eigenvalue weighted by atomic mass is 9.81. The highest BCUT2D eigenvalue weighted by atomic mass is 16.4. The molecule has 7 nitrogen and oxygen atoms in total. The van der Waals surface area contributed by atoms with Crippen LogP contribution in [0.25, 0.3) is 0 Å². The van der Waals surface area contributed by atoms with Crippen molar-refractivity contribution >= 4 is 17.9 Å². The van der Waals surface area contributed by atoms with Gasteiger partial charge in [-0.2, -0.15) is 0 Å². The van der Waals surface area contributed by atoms with E-state index in [4.69, 9.17) is 5.11 Å². The van der Waals surface area contributed by atoms with Gasteiger partial charge in [0.1, 0.15) is 0 Å². The standard InChI is InChI=1S/C17H21N3O4/c21-14(12-4-2-1-3-5-12)18-19-15(22)17(8-9-17)13-6-10-20(11-7-13)16(23)24/h1-5,13H,6-11H2,(H,18,21)(H,19,22)(H,23,24). The number of nitrogens with one attached hydrogen (secondary N) is 2. The molecule has 1 aliphatic heterocycles. The largest absolute Gasteiger partial charge is 0.465 e. The van der Waals surface area contributed by atoms with Gasteiger partial charge in [0.15, 0.2) is 0 Å². The quantitative estimate of drug-likeness (QED) is 0.733. The number of amides is 3. The Morgan fingerprint density at radius 2 is 1.67 bits per heavy atom. The van der Waals surface area contributed by atoms with Crippen molar-refractivity contribution in [1.29, 1.82) is 0 Å². The zero-order valence-corrected chi connectivity index (χ0v) is 13.3. The van der Waals surface area contributed by atoms with Crippen LogP contribution in [0.15, 0.2) is 30.3 Å². The zero-order valence-electron chi connectivity index (χ0n) is 13.3. The number of carboxylic acid groups (broad SMARTS) is 1. The van der Waals surface area contributed by atoms with E-state index in [1.54, 1.807) is 24.3 Å². The van der Waals surface area contributed by atoms with Crippen molar-refractivity contribution in [3.63, 3.8) is 0 Å². The molecule has 3 N–H and O–H groups in total. The molecule has 2 aliphatic rings. The summed E-state index contributed by atoms with van der Waals surface area (Å²) in [4.78, 5) is 36.9. The molecule has 0 spiro atoms. The summed E-state index contributed by atoms with van der Waals surface area (Å²) in [5.41, 5.74) is 5.05. The molecule has 0 atom stereocenters. The minimum Gasteiger partial charge on any atom is -0.465 e. The molecule has 24 heavy (non-hydrogen) atoms. The average Bonchev–Trinajstić information content (AvgIpc) is 3.42. The van der Waals surface area contributed by atoms with E-state index in [-0.39, 0.29) is 17.7 Å². The average molecular weight is 331 g/mol. The van der Waals surface area contributed by atoms with Gasteiger partial charge in [0, 0.05) is 18.7 Å². The van der Waals surface area contributed by atoms with Crippen molar-refractivity contribution in [2.45, 2.75) is 25.7 Å². The molecule has 1 aromatic carbocycles. The third-order valence-electron chi connectivity index (χ3n) is 5.11. The number of piperidine rings is 1. The second kappa shape index (κ2) is 6.51. The van der Waals surface area contributed by atoms with E-state index >= 15 is 0 Å². The van der Waals surface area contributed by atoms with Gasteiger partial charge < -0.3 is 10.0 Å². The smallest absolute Gasteiger partial charge is 0.407 e. The first-order valence-corrected chi connectivity index (χ1v) is 8.17. The van der Waals surface area contributed by atoms with Gasteiger partial charge in [-0.3, -0.25) is 20.4 Å². The Labute approximate surface area is 140 Å². The lowest BCUT2D eigenvalue weighted by molar-refractivity contribution is -0.129. The summed E-state index contributed by atoms with van der Waals surface area (Å²) < 4.78 is 0. The molecular formula is C17H21N3O4. The van der Waals surface area contributed by atoms with E-state index in [1.807, 2.05) is 6.07 Å². The molecular weight excluding hydrogens is 310 g/mol. The van der Waals surface area contributed by atoms with E-state index in [1.165, 1.54) is 4.90 Å². The van der Waals surface area contributed by atoms with Gasteiger partial charge in [-0.05, 0) is 43.7 Å². The van der Waals surface area contributed by atoms with Gasteiger partial charge >= 0.3 is 6.09 Å². The maximum absolute atomic E-state index is 12.5. The summed E-state index contributed by atoms with van der Waals surface area (Å²) in [5.74, 6) is -0.345. The minimum absolute atomic E-state index is 0.166. The number of hydrogen-bond acceptors (Lipinski definition) is 3. The van der Waals surface area contributed by atoms with Crippen LogP contribution in [0, 0.1) is 11.3 Å². The van der Waals surface area contributed by atoms with Crippen molar-refractivity contribution in [3.8, 4) is 0 Å². The molecule has 1 aliphatic carbocycles. The summed E-state index contributed by atoms with van der Waals surface area (Å²) in [7, 11) is 0. The van der Waals surface area contributed by atoms with Crippen LogP contribution >= 0.6 is 0 Å². The molecule has 2 fully saturated rings. The Morgan fingerprint density at radius 1 is 1.04 bits per heavy atom. The molecule has 0 aromatic heterocycles. The van der Waals surface area contributed by atoms with Gasteiger partial charge in [-0.1, -0.05) is 18.2 Å². The van der Waals surface area contributed by atoms with Crippen molar-refractivity contribution in [1.82, 2.24) is 15.8 Å². The number of nitrogens with zero attached hydrogens (tertiary/aromatic N) is 1. The highest BCUT2D eigenvalue weighted by Gasteiger charge is 2.55. The molecule has 0 unspecified atom stereocenters. The van der Waals surface area contributed by atoms with E-state index < -0.39 is 11.5 Å². The van der Waals surface area contributed by atoms with Crippen LogP contribution in [0.2, 0.25) is 0 Å². The highest BCUT2D eigenvalue weighted by molar-refractivity contribution is 5.96. The van der Waals surface area contributed by atoms with Crippen LogP contribution in [0.1, 0.15) is 36.0 Å². The zero-order chi connectivity index (χ0) is 17.2. The lowest BCUT2D eigenvalue weighted by Crippen LogP contribution is -2.49. The third-order valence-corrected chi connectivity index (χ3v) is 5.11. The molecule has 3 rings (SSSR count). The van der Waals surface area contributed by atoms with E-state index in [0.29, 0.717) is 31.5 Å². The fourth-order valence-electron chi connectivity index (χ4n) is 3.48. The first kappa shape index (κ1) is 16.3. The van der Waals surface area contributed by atoms with Crippen molar-refractivity contribution < 1.29 is 19.5 Å². The van der Waals surface area contributed by atoms with Crippen LogP contribution < -0.4 is 10.9 Å². The lowest BCUT2D eigenvalue weighted by Gasteiger charge is -2.34. The van der Waals surface area contributed by atoms with Crippen molar-refractivity contribution in [2.24, 2.45) is 11.3 Å². The summed E-state index contributed by atoms with van der Waals surface area (Å²) in [5, 5.41) is 9.00. The second-order valence-corrected chi connectivity index (χ2v) is 6.47. The Kier molecular flexibility index (Phi) is 4.42. The van der Waals surface area contributed by atoms with Gasteiger partial charge in [0.2, 0.25) is 5.91 Å². The van der Waals surface area contributed by atoms with Crippen LogP contribution in [0.4, 0.5) is 4.79 Å². The van der Waals surface area contributed by atoms with Gasteiger partial charge in [0.05, 0.1) is 5.41 Å². The highest BCUT2D eigenvalue weighted by Crippen LogP contribution is 2.55. The maximum atomic E-state index is 12.5. The Balaban J connectivity index is 1.53. The van der Waals surface area contributed by atoms with Gasteiger partial charge in [-0.25, -0.2) is 4.79 Å². The number of benzene rings is 1. The first-order chi connectivity index (χ1) is 11.5. The SMILES string of the molecule is O=C(NNC(=O)C1(C2CCN(C(=O)O)CC2)CC1)c1ccccc1. The Morgan fingerprint density at radius 3 is 2.21 bits per heavy atom. The molecule has 7 heteroatoms. The minimum atomic E-state index is -0.905. The maximum Gasteiger partial charge on any atom is 0.407 e. The summed E-state index contributed by atoms with van der Waals surface area (Å²) in [6.45, 7) is 0.927. The number of rotatable bonds is 3. The third kappa shape index (κ3) is 3.20. The normalized spacial score (nSPS) is 19.4. The predicted molar refractivity (Wildman–Crippen MR) is 86.0 cm³/mol. The van der Waals surface area contributed by atoms with Gasteiger partial charge in [-0.15, -0.1) is 0 Å². The summed E-state index contributed by atoms with van der Waals surface area (Å²) >= 11 is 0. The number of hydrazine groups is 1. The Hall–Kier alpha value is -2.57. The first-order valence-electron chi connectivity index (χ1n) is 8.17. The molecule has 3 amide bonds. The molecule has 1 saturated heterocycles. The topological polar surface area (TPSA) is 98.7 Å². The van der Waals surface area contributed by atoms with Crippen molar-refractivity contribution in [2.75, 3.05) is 13.1 Å². The van der Waals surface area contributed by atoms with Gasteiger partial charge in [0.25, 0.3) is 5.91 Å². The van der Waals surface area contributed by atoms with E-state index in [0.717, 1.165) is 12.8 Å². The predicted octanol–water partition coefficient (Wildman–Crippen LogP) is 1.62. The summed E-state index contributed by atoms with van der Waals surface area (Å²) in [6.07, 6.45) is 2.05. The Bertz CT molecular complexity index is 634. The second-order valence-electron chi connectivity index (χ2n) is 6.47. The molecule has 1 saturated carbocycles. The van der Waals surface area contributed by atoms with Crippen molar-refractivity contribution in [3.05, 3.63) is 35.9 Å². The summed E-state index contributed by atoms with van der Waals surface area (Å²) in [6, 6.07) is 8.69. The fourth-order valence-corrected chi connectivity index (χ4v) is 3.48. The van der Waals surface area contributed by atoms with Crippen LogP contribution in [0.3, 0.4) is 0 Å². The molecule has 1 aromatic rings. The van der Waals surface area contributed by atoms with E-state index in [9.17, 15) is 14.4 Å². The van der Waals surface area contributed by atoms with Crippen LogP contribution in [-0.2, 0) is 4.79 Å². The fraction of sp³-hybridized carbons (Fsp3) is 0.471. The molecule has 128 valence electrons. The number of carbonyl (C=O) groups excluding carboxylic acids is 2. The monoisotopic (exact) mass is 331 g/mol.